The number of nitrogens with one attached hydrogen (secondary N) is 1. The number of aromatic hydroxyl groups is 1. The van der Waals surface area contributed by atoms with Gasteiger partial charge in [-0.1, -0.05) is 0 Å². The number of phenols is 1. The van der Waals surface area contributed by atoms with Gasteiger partial charge in [0.25, 0.3) is 0 Å². The van der Waals surface area contributed by atoms with E-state index >= 15 is 0 Å². The zero-order valence-corrected chi connectivity index (χ0v) is 7.65. The van der Waals surface area contributed by atoms with Crippen LogP contribution in [0.4, 0.5) is 5.69 Å². The van der Waals surface area contributed by atoms with E-state index in [1.807, 2.05) is 0 Å². The number of carbonyl (C=O) groups excluding carboxylic acids is 1. The van der Waals surface area contributed by atoms with Gasteiger partial charge in [0.1, 0.15) is 11.4 Å². The van der Waals surface area contributed by atoms with Crippen molar-refractivity contribution in [1.29, 1.82) is 0 Å². The van der Waals surface area contributed by atoms with Gasteiger partial charge >= 0.3 is 5.97 Å². The van der Waals surface area contributed by atoms with Crippen LogP contribution in [-0.4, -0.2) is 22.9 Å². The summed E-state index contributed by atoms with van der Waals surface area (Å²) in [6, 6.07) is 4.04. The number of hydrogen-bond acceptors (Lipinski definition) is 5. The zero-order valence-electron chi connectivity index (χ0n) is 7.65. The van der Waals surface area contributed by atoms with Crippen molar-refractivity contribution < 1.29 is 19.8 Å². The van der Waals surface area contributed by atoms with Crippen molar-refractivity contribution >= 4 is 11.7 Å². The van der Waals surface area contributed by atoms with Crippen LogP contribution in [0.25, 0.3) is 0 Å². The van der Waals surface area contributed by atoms with Gasteiger partial charge in [-0.25, -0.2) is 4.79 Å². The molecule has 0 aliphatic carbocycles. The maximum Gasteiger partial charge on any atom is 0.338 e. The molecule has 0 aliphatic heterocycles. The highest BCUT2D eigenvalue weighted by Gasteiger charge is 2.09. The summed E-state index contributed by atoms with van der Waals surface area (Å²) in [5.41, 5.74) is 2.17. The van der Waals surface area contributed by atoms with E-state index in [2.05, 4.69) is 0 Å². The summed E-state index contributed by atoms with van der Waals surface area (Å²) in [6.07, 6.45) is 0. The maximum absolute atomic E-state index is 11.2. The Morgan fingerprint density at radius 2 is 2.29 bits per heavy atom. The SMILES string of the molecule is CCOC(=O)c1ccc(NO)c(O)c1. The third-order valence-corrected chi connectivity index (χ3v) is 1.63. The monoisotopic (exact) mass is 197 g/mol. The largest absolute Gasteiger partial charge is 0.506 e. The zero-order chi connectivity index (χ0) is 10.6. The number of esters is 1. The summed E-state index contributed by atoms with van der Waals surface area (Å²) in [7, 11) is 0. The number of anilines is 1. The highest BCUT2D eigenvalue weighted by Crippen LogP contribution is 2.23. The Morgan fingerprint density at radius 3 is 2.79 bits per heavy atom. The quantitative estimate of drug-likeness (QED) is 0.387. The van der Waals surface area contributed by atoms with Crippen LogP contribution in [-0.2, 0) is 4.74 Å². The average molecular weight is 197 g/mol. The average Bonchev–Trinajstić information content (AvgIpc) is 2.18. The molecule has 0 aliphatic rings. The van der Waals surface area contributed by atoms with Crippen molar-refractivity contribution in [1.82, 2.24) is 0 Å². The van der Waals surface area contributed by atoms with Crippen LogP contribution in [0.2, 0.25) is 0 Å². The first kappa shape index (κ1) is 10.3. The van der Waals surface area contributed by atoms with Gasteiger partial charge in [-0.05, 0) is 25.1 Å². The highest BCUT2D eigenvalue weighted by atomic mass is 16.5. The fourth-order valence-corrected chi connectivity index (χ4v) is 0.968. The molecule has 1 rings (SSSR count). The van der Waals surface area contributed by atoms with E-state index in [4.69, 9.17) is 9.94 Å². The summed E-state index contributed by atoms with van der Waals surface area (Å²) in [5.74, 6) is -0.717. The molecular formula is C9H11NO4. The fraction of sp³-hybridized carbons (Fsp3) is 0.222. The second-order valence-corrected chi connectivity index (χ2v) is 2.56. The van der Waals surface area contributed by atoms with Gasteiger partial charge in [0.2, 0.25) is 0 Å². The molecule has 0 saturated carbocycles. The van der Waals surface area contributed by atoms with E-state index in [1.54, 1.807) is 12.4 Å². The summed E-state index contributed by atoms with van der Waals surface area (Å²) < 4.78 is 4.72. The van der Waals surface area contributed by atoms with Crippen LogP contribution in [0, 0.1) is 0 Å². The standard InChI is InChI=1S/C9H11NO4/c1-2-14-9(12)6-3-4-7(10-13)8(11)5-6/h3-5,10-11,13H,2H2,1H3. The molecule has 0 amide bonds. The third-order valence-electron chi connectivity index (χ3n) is 1.63. The Labute approximate surface area is 80.9 Å². The molecule has 1 aromatic rings. The molecule has 5 nitrogen and oxygen atoms in total. The summed E-state index contributed by atoms with van der Waals surface area (Å²) in [6.45, 7) is 1.97. The predicted molar refractivity (Wildman–Crippen MR) is 49.5 cm³/mol. The van der Waals surface area contributed by atoms with Crippen LogP contribution < -0.4 is 5.48 Å². The van der Waals surface area contributed by atoms with Crippen molar-refractivity contribution in [3.8, 4) is 5.75 Å². The van der Waals surface area contributed by atoms with E-state index in [1.165, 1.54) is 18.2 Å². The third kappa shape index (κ3) is 2.14. The van der Waals surface area contributed by atoms with E-state index < -0.39 is 5.97 Å². The van der Waals surface area contributed by atoms with E-state index in [0.717, 1.165) is 0 Å². The summed E-state index contributed by atoms with van der Waals surface area (Å²) in [4.78, 5) is 11.2. The van der Waals surface area contributed by atoms with Crippen molar-refractivity contribution in [3.63, 3.8) is 0 Å². The molecule has 0 aromatic heterocycles. The Morgan fingerprint density at radius 1 is 1.57 bits per heavy atom. The number of carbonyl (C=O) groups is 1. The molecular weight excluding hydrogens is 186 g/mol. The number of ether oxygens (including phenoxy) is 1. The first-order valence-corrected chi connectivity index (χ1v) is 4.09. The lowest BCUT2D eigenvalue weighted by atomic mass is 10.2. The minimum Gasteiger partial charge on any atom is -0.506 e. The molecule has 5 heteroatoms. The van der Waals surface area contributed by atoms with Crippen molar-refractivity contribution in [2.45, 2.75) is 6.92 Å². The van der Waals surface area contributed by atoms with Crippen molar-refractivity contribution in [2.24, 2.45) is 0 Å². The first-order chi connectivity index (χ1) is 6.69. The number of rotatable bonds is 3. The predicted octanol–water partition coefficient (Wildman–Crippen LogP) is 1.37. The number of benzene rings is 1. The van der Waals surface area contributed by atoms with Crippen LogP contribution >= 0.6 is 0 Å². The van der Waals surface area contributed by atoms with Crippen LogP contribution in [0.3, 0.4) is 0 Å². The Balaban J connectivity index is 2.91. The van der Waals surface area contributed by atoms with Crippen molar-refractivity contribution in [2.75, 3.05) is 12.1 Å². The highest BCUT2D eigenvalue weighted by molar-refractivity contribution is 5.90. The normalized spacial score (nSPS) is 9.57. The van der Waals surface area contributed by atoms with Gasteiger partial charge < -0.3 is 9.84 Å². The molecule has 0 unspecified atom stereocenters. The molecule has 0 fully saturated rings. The first-order valence-electron chi connectivity index (χ1n) is 4.09. The molecule has 0 bridgehead atoms. The minimum absolute atomic E-state index is 0.137. The molecule has 0 heterocycles. The van der Waals surface area contributed by atoms with E-state index in [9.17, 15) is 9.90 Å². The second-order valence-electron chi connectivity index (χ2n) is 2.56. The molecule has 0 spiro atoms. The topological polar surface area (TPSA) is 78.8 Å². The molecule has 14 heavy (non-hydrogen) atoms. The molecule has 76 valence electrons. The van der Waals surface area contributed by atoms with Gasteiger partial charge in [-0.3, -0.25) is 10.7 Å². The maximum atomic E-state index is 11.2. The molecule has 0 atom stereocenters. The second kappa shape index (κ2) is 4.48. The van der Waals surface area contributed by atoms with Gasteiger partial charge in [-0.2, -0.15) is 0 Å². The van der Waals surface area contributed by atoms with E-state index in [-0.39, 0.29) is 23.6 Å². The van der Waals surface area contributed by atoms with Gasteiger partial charge in [0.15, 0.2) is 0 Å². The lowest BCUT2D eigenvalue weighted by Crippen LogP contribution is -2.04. The Hall–Kier alpha value is -1.75. The fourth-order valence-electron chi connectivity index (χ4n) is 0.968. The lowest BCUT2D eigenvalue weighted by molar-refractivity contribution is 0.0526. The number of phenolic OH excluding ortho intramolecular Hbond substituents is 1. The number of hydrogen-bond donors (Lipinski definition) is 3. The molecule has 3 N–H and O–H groups in total. The summed E-state index contributed by atoms with van der Waals surface area (Å²) in [5, 5.41) is 17.8. The van der Waals surface area contributed by atoms with Crippen LogP contribution in [0.15, 0.2) is 18.2 Å². The van der Waals surface area contributed by atoms with Crippen LogP contribution in [0.1, 0.15) is 17.3 Å². The Bertz CT molecular complexity index is 338. The smallest absolute Gasteiger partial charge is 0.338 e. The summed E-state index contributed by atoms with van der Waals surface area (Å²) >= 11 is 0. The van der Waals surface area contributed by atoms with Gasteiger partial charge in [-0.15, -0.1) is 0 Å². The van der Waals surface area contributed by atoms with Crippen LogP contribution in [0.5, 0.6) is 5.75 Å². The lowest BCUT2D eigenvalue weighted by Gasteiger charge is -2.05. The molecule has 1 aromatic carbocycles. The minimum atomic E-state index is -0.507. The Kier molecular flexibility index (Phi) is 3.30. The van der Waals surface area contributed by atoms with Gasteiger partial charge in [0, 0.05) is 0 Å². The molecule has 0 saturated heterocycles. The van der Waals surface area contributed by atoms with E-state index in [0.29, 0.717) is 0 Å². The molecule has 0 radical (unpaired) electrons. The van der Waals surface area contributed by atoms with Crippen molar-refractivity contribution in [3.05, 3.63) is 23.8 Å². The van der Waals surface area contributed by atoms with Gasteiger partial charge in [0.05, 0.1) is 12.2 Å².